The van der Waals surface area contributed by atoms with Gasteiger partial charge in [0.15, 0.2) is 0 Å². The molecule has 0 unspecified atom stereocenters. The van der Waals surface area contributed by atoms with Crippen molar-refractivity contribution in [2.75, 3.05) is 7.11 Å². The third kappa shape index (κ3) is 1.65. The predicted octanol–water partition coefficient (Wildman–Crippen LogP) is 1.16. The monoisotopic (exact) mass is 156 g/mol. The number of aromatic nitrogens is 1. The van der Waals surface area contributed by atoms with E-state index in [4.69, 9.17) is 4.74 Å². The fourth-order valence-corrected chi connectivity index (χ4v) is 0.681. The van der Waals surface area contributed by atoms with Crippen LogP contribution in [0, 0.1) is 5.82 Å². The second-order valence-electron chi connectivity index (χ2n) is 1.96. The molecule has 59 valence electrons. The van der Waals surface area contributed by atoms with Gasteiger partial charge in [0, 0.05) is 11.6 Å². The highest BCUT2D eigenvalue weighted by molar-refractivity contribution is 5.21. The van der Waals surface area contributed by atoms with E-state index in [9.17, 15) is 9.50 Å². The van der Waals surface area contributed by atoms with E-state index in [2.05, 4.69) is 4.98 Å². The van der Waals surface area contributed by atoms with Crippen LogP contribution in [-0.4, -0.2) is 12.1 Å². The Morgan fingerprint density at radius 1 is 1.73 bits per heavy atom. The Morgan fingerprint density at radius 3 is 3.00 bits per heavy atom. The second-order valence-corrected chi connectivity index (χ2v) is 1.96. The molecule has 0 amide bonds. The third-order valence-corrected chi connectivity index (χ3v) is 1.27. The Kier molecular flexibility index (Phi) is 2.38. The van der Waals surface area contributed by atoms with Crippen LogP contribution in [0.2, 0.25) is 0 Å². The number of methoxy groups -OCH3 is 1. The Morgan fingerprint density at radius 2 is 2.45 bits per heavy atom. The lowest BCUT2D eigenvalue weighted by molar-refractivity contribution is 0.173. The SMILES string of the molecule is COc1cc(C[O])c(F)cn1. The van der Waals surface area contributed by atoms with Crippen molar-refractivity contribution < 1.29 is 14.2 Å². The van der Waals surface area contributed by atoms with E-state index in [1.807, 2.05) is 0 Å². The summed E-state index contributed by atoms with van der Waals surface area (Å²) < 4.78 is 17.3. The first-order valence-corrected chi connectivity index (χ1v) is 3.04. The number of halogens is 1. The van der Waals surface area contributed by atoms with Crippen LogP contribution in [0.5, 0.6) is 5.88 Å². The number of pyridine rings is 1. The van der Waals surface area contributed by atoms with Gasteiger partial charge in [-0.05, 0) is 0 Å². The Labute approximate surface area is 63.5 Å². The molecule has 0 N–H and O–H groups in total. The Hall–Kier alpha value is -1.16. The normalized spacial score (nSPS) is 9.73. The molecule has 1 rings (SSSR count). The number of hydrogen-bond donors (Lipinski definition) is 0. The zero-order valence-corrected chi connectivity index (χ0v) is 6.00. The molecular weight excluding hydrogens is 149 g/mol. The summed E-state index contributed by atoms with van der Waals surface area (Å²) in [5.74, 6) is -0.321. The summed E-state index contributed by atoms with van der Waals surface area (Å²) in [5.41, 5.74) is 0.0804. The van der Waals surface area contributed by atoms with Crippen molar-refractivity contribution in [3.8, 4) is 5.88 Å². The summed E-state index contributed by atoms with van der Waals surface area (Å²) in [6.45, 7) is -0.593. The highest BCUT2D eigenvalue weighted by Crippen LogP contribution is 2.12. The summed E-state index contributed by atoms with van der Waals surface area (Å²) in [7, 11) is 1.41. The molecule has 0 atom stereocenters. The van der Waals surface area contributed by atoms with Gasteiger partial charge in [0.2, 0.25) is 5.88 Å². The molecule has 3 nitrogen and oxygen atoms in total. The van der Waals surface area contributed by atoms with Gasteiger partial charge in [-0.15, -0.1) is 0 Å². The van der Waals surface area contributed by atoms with Crippen LogP contribution in [0.4, 0.5) is 4.39 Å². The lowest BCUT2D eigenvalue weighted by Gasteiger charge is -2.00. The number of ether oxygens (including phenoxy) is 1. The van der Waals surface area contributed by atoms with E-state index in [-0.39, 0.29) is 11.4 Å². The fraction of sp³-hybridized carbons (Fsp3) is 0.286. The molecule has 0 fully saturated rings. The van der Waals surface area contributed by atoms with Crippen molar-refractivity contribution in [3.05, 3.63) is 23.6 Å². The molecule has 0 aliphatic heterocycles. The number of hydrogen-bond acceptors (Lipinski definition) is 2. The molecule has 0 aliphatic carbocycles. The van der Waals surface area contributed by atoms with Crippen molar-refractivity contribution >= 4 is 0 Å². The molecule has 0 aromatic carbocycles. The molecule has 1 aromatic heterocycles. The van der Waals surface area contributed by atoms with Crippen LogP contribution in [0.15, 0.2) is 12.3 Å². The molecular formula is C7H7FNO2. The lowest BCUT2D eigenvalue weighted by Crippen LogP contribution is -1.93. The van der Waals surface area contributed by atoms with E-state index in [0.717, 1.165) is 6.20 Å². The predicted molar refractivity (Wildman–Crippen MR) is 35.1 cm³/mol. The Balaban J connectivity index is 3.02. The van der Waals surface area contributed by atoms with Crippen LogP contribution in [0.1, 0.15) is 5.56 Å². The Bertz CT molecular complexity index is 252. The van der Waals surface area contributed by atoms with Crippen molar-refractivity contribution in [1.29, 1.82) is 0 Å². The molecule has 0 saturated carbocycles. The van der Waals surface area contributed by atoms with E-state index < -0.39 is 12.4 Å². The molecule has 1 radical (unpaired) electrons. The standard InChI is InChI=1S/C7H7FNO2/c1-11-7-2-5(4-10)6(8)3-9-7/h2-3H,4H2,1H3. The fourth-order valence-electron chi connectivity index (χ4n) is 0.681. The minimum absolute atomic E-state index is 0.0804. The highest BCUT2D eigenvalue weighted by Gasteiger charge is 2.03. The van der Waals surface area contributed by atoms with Gasteiger partial charge in [0.05, 0.1) is 13.3 Å². The maximum Gasteiger partial charge on any atom is 0.213 e. The number of nitrogens with zero attached hydrogens (tertiary/aromatic N) is 1. The van der Waals surface area contributed by atoms with Crippen molar-refractivity contribution in [3.63, 3.8) is 0 Å². The largest absolute Gasteiger partial charge is 0.481 e. The molecule has 0 aliphatic rings. The molecule has 11 heavy (non-hydrogen) atoms. The van der Waals surface area contributed by atoms with E-state index in [1.165, 1.54) is 13.2 Å². The molecule has 0 bridgehead atoms. The third-order valence-electron chi connectivity index (χ3n) is 1.27. The van der Waals surface area contributed by atoms with Gasteiger partial charge in [0.25, 0.3) is 0 Å². The smallest absolute Gasteiger partial charge is 0.213 e. The van der Waals surface area contributed by atoms with Gasteiger partial charge in [-0.3, -0.25) is 0 Å². The molecule has 1 heterocycles. The van der Waals surface area contributed by atoms with Crippen LogP contribution in [0.25, 0.3) is 0 Å². The molecule has 4 heteroatoms. The number of rotatable bonds is 2. The average molecular weight is 156 g/mol. The van der Waals surface area contributed by atoms with Crippen LogP contribution < -0.4 is 4.74 Å². The maximum atomic E-state index is 12.6. The van der Waals surface area contributed by atoms with Gasteiger partial charge in [-0.25, -0.2) is 14.5 Å². The van der Waals surface area contributed by atoms with Crippen LogP contribution in [-0.2, 0) is 11.7 Å². The summed E-state index contributed by atoms with van der Waals surface area (Å²) in [6.07, 6.45) is 0.978. The molecule has 0 saturated heterocycles. The lowest BCUT2D eigenvalue weighted by atomic mass is 10.3. The van der Waals surface area contributed by atoms with E-state index in [0.29, 0.717) is 0 Å². The van der Waals surface area contributed by atoms with Crippen LogP contribution in [0.3, 0.4) is 0 Å². The summed E-state index contributed by atoms with van der Waals surface area (Å²) in [6, 6.07) is 1.29. The quantitative estimate of drug-likeness (QED) is 0.644. The zero-order chi connectivity index (χ0) is 8.27. The minimum Gasteiger partial charge on any atom is -0.481 e. The van der Waals surface area contributed by atoms with Crippen molar-refractivity contribution in [1.82, 2.24) is 4.98 Å². The second kappa shape index (κ2) is 3.30. The van der Waals surface area contributed by atoms with Crippen molar-refractivity contribution in [2.24, 2.45) is 0 Å². The van der Waals surface area contributed by atoms with Gasteiger partial charge in [0.1, 0.15) is 12.4 Å². The highest BCUT2D eigenvalue weighted by atomic mass is 19.1. The summed E-state index contributed by atoms with van der Waals surface area (Å²) in [5, 5.41) is 10.3. The van der Waals surface area contributed by atoms with Crippen molar-refractivity contribution in [2.45, 2.75) is 6.61 Å². The average Bonchev–Trinajstić information content (AvgIpc) is 2.05. The first-order valence-electron chi connectivity index (χ1n) is 3.04. The minimum atomic E-state index is -0.593. The maximum absolute atomic E-state index is 12.6. The van der Waals surface area contributed by atoms with Gasteiger partial charge >= 0.3 is 0 Å². The van der Waals surface area contributed by atoms with E-state index >= 15 is 0 Å². The molecule has 1 aromatic rings. The topological polar surface area (TPSA) is 42.0 Å². The van der Waals surface area contributed by atoms with Crippen LogP contribution >= 0.6 is 0 Å². The van der Waals surface area contributed by atoms with Gasteiger partial charge in [-0.2, -0.15) is 0 Å². The first-order chi connectivity index (χ1) is 5.27. The molecule has 0 spiro atoms. The van der Waals surface area contributed by atoms with E-state index in [1.54, 1.807) is 0 Å². The summed E-state index contributed by atoms with van der Waals surface area (Å²) in [4.78, 5) is 3.57. The van der Waals surface area contributed by atoms with Gasteiger partial charge in [-0.1, -0.05) is 0 Å². The first kappa shape index (κ1) is 7.94. The van der Waals surface area contributed by atoms with Gasteiger partial charge < -0.3 is 4.74 Å². The zero-order valence-electron chi connectivity index (χ0n) is 6.00. The summed E-state index contributed by atoms with van der Waals surface area (Å²) >= 11 is 0.